The number of carbonyl (C=O) groups is 1. The molecule has 2 aromatic carbocycles. The van der Waals surface area contributed by atoms with Crippen LogP contribution in [0.3, 0.4) is 0 Å². The number of nitrogens with one attached hydrogen (secondary N) is 1. The molecule has 0 aliphatic rings. The van der Waals surface area contributed by atoms with E-state index in [0.29, 0.717) is 18.7 Å². The first-order chi connectivity index (χ1) is 12.8. The molecule has 1 N–H and O–H groups in total. The molecule has 0 spiro atoms. The fourth-order valence-electron chi connectivity index (χ4n) is 2.65. The maximum Gasteiger partial charge on any atom is 0.251 e. The molecule has 8 heteroatoms. The molecule has 0 saturated heterocycles. The molecule has 0 radical (unpaired) electrons. The SMILES string of the molecule is CCN(CC)S(=O)(=O)c1cc(C(=O)NCc2cccc(F)c2)ccc1OC. The van der Waals surface area contributed by atoms with Gasteiger partial charge >= 0.3 is 0 Å². The average molecular weight is 394 g/mol. The van der Waals surface area contributed by atoms with E-state index in [0.717, 1.165) is 0 Å². The van der Waals surface area contributed by atoms with Gasteiger partial charge in [0.05, 0.1) is 7.11 Å². The first-order valence-corrected chi connectivity index (χ1v) is 9.98. The van der Waals surface area contributed by atoms with E-state index >= 15 is 0 Å². The number of benzene rings is 2. The highest BCUT2D eigenvalue weighted by atomic mass is 32.2. The summed E-state index contributed by atoms with van der Waals surface area (Å²) in [4.78, 5) is 12.4. The first kappa shape index (κ1) is 20.9. The maximum absolute atomic E-state index is 13.2. The summed E-state index contributed by atoms with van der Waals surface area (Å²) in [5, 5.41) is 2.66. The predicted octanol–water partition coefficient (Wildman–Crippen LogP) is 2.79. The zero-order valence-corrected chi connectivity index (χ0v) is 16.3. The Hall–Kier alpha value is -2.45. The van der Waals surface area contributed by atoms with E-state index in [-0.39, 0.29) is 22.8 Å². The van der Waals surface area contributed by atoms with Gasteiger partial charge in [0, 0.05) is 25.2 Å². The van der Waals surface area contributed by atoms with Crippen LogP contribution < -0.4 is 10.1 Å². The highest BCUT2D eigenvalue weighted by Gasteiger charge is 2.26. The Balaban J connectivity index is 2.29. The van der Waals surface area contributed by atoms with Crippen LogP contribution in [-0.4, -0.2) is 38.8 Å². The number of rotatable bonds is 8. The molecule has 6 nitrogen and oxygen atoms in total. The van der Waals surface area contributed by atoms with Gasteiger partial charge in [-0.25, -0.2) is 12.8 Å². The van der Waals surface area contributed by atoms with Crippen molar-refractivity contribution in [3.63, 3.8) is 0 Å². The van der Waals surface area contributed by atoms with Crippen LogP contribution in [0, 0.1) is 5.82 Å². The van der Waals surface area contributed by atoms with E-state index in [1.807, 2.05) is 0 Å². The number of hydrogen-bond donors (Lipinski definition) is 1. The summed E-state index contributed by atoms with van der Waals surface area (Å²) in [7, 11) is -2.42. The Morgan fingerprint density at radius 1 is 1.15 bits per heavy atom. The fourth-order valence-corrected chi connectivity index (χ4v) is 4.29. The summed E-state index contributed by atoms with van der Waals surface area (Å²) < 4.78 is 45.4. The van der Waals surface area contributed by atoms with Crippen LogP contribution >= 0.6 is 0 Å². The number of carbonyl (C=O) groups excluding carboxylic acids is 1. The highest BCUT2D eigenvalue weighted by Crippen LogP contribution is 2.28. The van der Waals surface area contributed by atoms with Crippen molar-refractivity contribution in [1.82, 2.24) is 9.62 Å². The van der Waals surface area contributed by atoms with Gasteiger partial charge in [-0.1, -0.05) is 26.0 Å². The zero-order valence-electron chi connectivity index (χ0n) is 15.5. The second kappa shape index (κ2) is 8.96. The molecule has 0 heterocycles. The van der Waals surface area contributed by atoms with Crippen molar-refractivity contribution >= 4 is 15.9 Å². The lowest BCUT2D eigenvalue weighted by atomic mass is 10.2. The van der Waals surface area contributed by atoms with Crippen molar-refractivity contribution in [1.29, 1.82) is 0 Å². The Labute approximate surface area is 159 Å². The number of sulfonamides is 1. The quantitative estimate of drug-likeness (QED) is 0.747. The maximum atomic E-state index is 13.2. The van der Waals surface area contributed by atoms with Crippen molar-refractivity contribution in [3.8, 4) is 5.75 Å². The molecule has 0 atom stereocenters. The average Bonchev–Trinajstić information content (AvgIpc) is 2.66. The fraction of sp³-hybridized carbons (Fsp3) is 0.316. The third-order valence-electron chi connectivity index (χ3n) is 4.09. The van der Waals surface area contributed by atoms with E-state index in [2.05, 4.69) is 5.32 Å². The van der Waals surface area contributed by atoms with Crippen LogP contribution in [0.1, 0.15) is 29.8 Å². The van der Waals surface area contributed by atoms with Crippen molar-refractivity contribution in [2.24, 2.45) is 0 Å². The molecular formula is C19H23FN2O4S. The lowest BCUT2D eigenvalue weighted by Gasteiger charge is -2.20. The van der Waals surface area contributed by atoms with Gasteiger partial charge in [-0.15, -0.1) is 0 Å². The molecule has 0 saturated carbocycles. The van der Waals surface area contributed by atoms with Crippen molar-refractivity contribution in [2.45, 2.75) is 25.3 Å². The number of hydrogen-bond acceptors (Lipinski definition) is 4. The smallest absolute Gasteiger partial charge is 0.251 e. The van der Waals surface area contributed by atoms with Crippen molar-refractivity contribution in [2.75, 3.05) is 20.2 Å². The van der Waals surface area contributed by atoms with Crippen LogP contribution in [0.15, 0.2) is 47.4 Å². The van der Waals surface area contributed by atoms with E-state index in [9.17, 15) is 17.6 Å². The number of methoxy groups -OCH3 is 1. The van der Waals surface area contributed by atoms with Gasteiger partial charge in [-0.05, 0) is 35.9 Å². The third-order valence-corrected chi connectivity index (χ3v) is 6.16. The van der Waals surface area contributed by atoms with E-state index < -0.39 is 21.7 Å². The van der Waals surface area contributed by atoms with Crippen LogP contribution in [-0.2, 0) is 16.6 Å². The molecule has 0 fully saturated rings. The Bertz CT molecular complexity index is 912. The van der Waals surface area contributed by atoms with Crippen molar-refractivity contribution < 1.29 is 22.3 Å². The van der Waals surface area contributed by atoms with Gasteiger partial charge < -0.3 is 10.1 Å². The molecular weight excluding hydrogens is 371 g/mol. The predicted molar refractivity (Wildman–Crippen MR) is 101 cm³/mol. The summed E-state index contributed by atoms with van der Waals surface area (Å²) in [5.41, 5.74) is 0.783. The summed E-state index contributed by atoms with van der Waals surface area (Å²) in [6, 6.07) is 10.1. The summed E-state index contributed by atoms with van der Waals surface area (Å²) in [6.45, 7) is 4.21. The summed E-state index contributed by atoms with van der Waals surface area (Å²) in [6.07, 6.45) is 0. The molecule has 27 heavy (non-hydrogen) atoms. The Morgan fingerprint density at radius 3 is 2.44 bits per heavy atom. The summed E-state index contributed by atoms with van der Waals surface area (Å²) >= 11 is 0. The standard InChI is InChI=1S/C19H23FN2O4S/c1-4-22(5-2)27(24,25)18-12-15(9-10-17(18)26-3)19(23)21-13-14-7-6-8-16(20)11-14/h6-12H,4-5,13H2,1-3H3,(H,21,23). The number of ether oxygens (including phenoxy) is 1. The lowest BCUT2D eigenvalue weighted by Crippen LogP contribution is -2.31. The molecule has 2 aromatic rings. The molecule has 2 rings (SSSR count). The van der Waals surface area contributed by atoms with Crippen molar-refractivity contribution in [3.05, 3.63) is 59.4 Å². The summed E-state index contributed by atoms with van der Waals surface area (Å²) in [5.74, 6) is -0.680. The second-order valence-electron chi connectivity index (χ2n) is 5.77. The minimum atomic E-state index is -3.79. The van der Waals surface area contributed by atoms with Crippen LogP contribution in [0.4, 0.5) is 4.39 Å². The second-order valence-corrected chi connectivity index (χ2v) is 7.67. The number of nitrogens with zero attached hydrogens (tertiary/aromatic N) is 1. The topological polar surface area (TPSA) is 75.7 Å². The molecule has 0 aliphatic heterocycles. The van der Waals surface area contributed by atoms with Gasteiger partial charge in [-0.3, -0.25) is 4.79 Å². The number of amides is 1. The van der Waals surface area contributed by atoms with Gasteiger partial charge in [-0.2, -0.15) is 4.31 Å². The van der Waals surface area contributed by atoms with Crippen LogP contribution in [0.5, 0.6) is 5.75 Å². The largest absolute Gasteiger partial charge is 0.495 e. The van der Waals surface area contributed by atoms with Gasteiger partial charge in [0.15, 0.2) is 0 Å². The highest BCUT2D eigenvalue weighted by molar-refractivity contribution is 7.89. The minimum Gasteiger partial charge on any atom is -0.495 e. The Kier molecular flexibility index (Phi) is 6.92. The normalized spacial score (nSPS) is 11.4. The van der Waals surface area contributed by atoms with Crippen LogP contribution in [0.25, 0.3) is 0 Å². The van der Waals surface area contributed by atoms with E-state index in [1.54, 1.807) is 26.0 Å². The molecule has 146 valence electrons. The zero-order chi connectivity index (χ0) is 20.0. The molecule has 0 aromatic heterocycles. The minimum absolute atomic E-state index is 0.0629. The molecule has 0 aliphatic carbocycles. The van der Waals surface area contributed by atoms with Gasteiger partial charge in [0.25, 0.3) is 5.91 Å². The first-order valence-electron chi connectivity index (χ1n) is 8.54. The molecule has 1 amide bonds. The monoisotopic (exact) mass is 394 g/mol. The third kappa shape index (κ3) is 4.84. The number of halogens is 1. The van der Waals surface area contributed by atoms with Crippen LogP contribution in [0.2, 0.25) is 0 Å². The lowest BCUT2D eigenvalue weighted by molar-refractivity contribution is 0.0950. The van der Waals surface area contributed by atoms with Gasteiger partial charge in [0.2, 0.25) is 10.0 Å². The molecule has 0 unspecified atom stereocenters. The Morgan fingerprint density at radius 2 is 1.85 bits per heavy atom. The van der Waals surface area contributed by atoms with E-state index in [4.69, 9.17) is 4.74 Å². The van der Waals surface area contributed by atoms with Gasteiger partial charge in [0.1, 0.15) is 16.5 Å². The molecule has 0 bridgehead atoms. The van der Waals surface area contributed by atoms with E-state index in [1.165, 1.54) is 41.7 Å².